The minimum atomic E-state index is -2.97. The van der Waals surface area contributed by atoms with E-state index in [0.29, 0.717) is 0 Å². The molecule has 0 atom stereocenters. The monoisotopic (exact) mass is 340 g/mol. The molecule has 0 aromatic heterocycles. The van der Waals surface area contributed by atoms with Gasteiger partial charge in [-0.2, -0.15) is 0 Å². The van der Waals surface area contributed by atoms with Gasteiger partial charge in [-0.1, -0.05) is 0 Å². The van der Waals surface area contributed by atoms with E-state index in [1.165, 1.54) is 0 Å². The first-order valence-corrected chi connectivity index (χ1v) is 3.11. The summed E-state index contributed by atoms with van der Waals surface area (Å²) in [4.78, 5) is 30.0. The van der Waals surface area contributed by atoms with Crippen LogP contribution in [0.4, 0.5) is 0 Å². The Hall–Kier alpha value is -0.279. The van der Waals surface area contributed by atoms with Crippen LogP contribution >= 0.6 is 0 Å². The van der Waals surface area contributed by atoms with E-state index in [1.807, 2.05) is 0 Å². The van der Waals surface area contributed by atoms with Crippen LogP contribution in [-0.2, 0) is 14.4 Å². The summed E-state index contributed by atoms with van der Waals surface area (Å²) in [6.45, 7) is 0. The number of aliphatic hydroxyl groups is 1. The second kappa shape index (κ2) is 7.94. The summed E-state index contributed by atoms with van der Waals surface area (Å²) >= 11 is 0. The Labute approximate surface area is 113 Å². The molecule has 0 amide bonds. The van der Waals surface area contributed by atoms with E-state index in [-0.39, 0.29) is 41.8 Å². The van der Waals surface area contributed by atoms with Crippen molar-refractivity contribution in [3.8, 4) is 0 Å². The Morgan fingerprint density at radius 1 is 1.00 bits per heavy atom. The van der Waals surface area contributed by atoms with Crippen LogP contribution in [-0.4, -0.2) is 70.4 Å². The van der Waals surface area contributed by atoms with E-state index in [9.17, 15) is 29.7 Å². The second-order valence-corrected chi connectivity index (χ2v) is 2.42. The summed E-state index contributed by atoms with van der Waals surface area (Å²) in [5.74, 6) is -5.98. The SMILES string of the molecule is O=C([O-])CC(O)(CC(=O)[O-])C(=O)[O-].[Al+3].[SbH3]. The average Bonchev–Trinajstić information content (AvgIpc) is 1.82. The molecule has 0 bridgehead atoms. The predicted octanol–water partition coefficient (Wildman–Crippen LogP) is -6.82. The number of rotatable bonds is 5. The van der Waals surface area contributed by atoms with Crippen LogP contribution in [0.25, 0.3) is 0 Å². The number of aliphatic carboxylic acids is 3. The van der Waals surface area contributed by atoms with Crippen molar-refractivity contribution in [3.63, 3.8) is 0 Å². The molecule has 0 aliphatic rings. The fourth-order valence-corrected chi connectivity index (χ4v) is 0.684. The molecule has 7 nitrogen and oxygen atoms in total. The quantitative estimate of drug-likeness (QED) is 0.490. The van der Waals surface area contributed by atoms with Crippen molar-refractivity contribution in [3.05, 3.63) is 0 Å². The average molecular weight is 341 g/mol. The van der Waals surface area contributed by atoms with E-state index in [2.05, 4.69) is 0 Å². The molecule has 0 aromatic rings. The van der Waals surface area contributed by atoms with Gasteiger partial charge in [-0.25, -0.2) is 0 Å². The summed E-state index contributed by atoms with van der Waals surface area (Å²) in [6.07, 6.45) is -2.72. The summed E-state index contributed by atoms with van der Waals surface area (Å²) in [7, 11) is 0. The molecule has 0 spiro atoms. The van der Waals surface area contributed by atoms with Crippen molar-refractivity contribution in [2.75, 3.05) is 0 Å². The number of carboxylic acid groups (broad SMARTS) is 3. The fraction of sp³-hybridized carbons (Fsp3) is 0.500. The fourth-order valence-electron chi connectivity index (χ4n) is 0.684. The van der Waals surface area contributed by atoms with Gasteiger partial charge < -0.3 is 34.8 Å². The van der Waals surface area contributed by atoms with Crippen LogP contribution in [0, 0.1) is 0 Å². The van der Waals surface area contributed by atoms with Gasteiger partial charge in [0.2, 0.25) is 0 Å². The third-order valence-corrected chi connectivity index (χ3v) is 1.25. The second-order valence-electron chi connectivity index (χ2n) is 2.42. The Morgan fingerprint density at radius 2 is 1.27 bits per heavy atom. The van der Waals surface area contributed by atoms with Crippen molar-refractivity contribution in [1.29, 1.82) is 0 Å². The Bertz CT molecular complexity index is 238. The summed E-state index contributed by atoms with van der Waals surface area (Å²) in [5.41, 5.74) is -2.97. The molecule has 0 unspecified atom stereocenters. The van der Waals surface area contributed by atoms with E-state index in [1.54, 1.807) is 0 Å². The molecule has 0 fully saturated rings. The molecular formula is C6H8AlO7Sb. The van der Waals surface area contributed by atoms with Gasteiger partial charge in [0.25, 0.3) is 0 Å². The zero-order chi connectivity index (χ0) is 10.6. The molecule has 15 heavy (non-hydrogen) atoms. The number of carbonyl (C=O) groups is 3. The first kappa shape index (κ1) is 20.2. The Morgan fingerprint density at radius 3 is 1.40 bits per heavy atom. The maximum absolute atomic E-state index is 10.1. The van der Waals surface area contributed by atoms with Crippen molar-refractivity contribution in [2.24, 2.45) is 0 Å². The number of carbonyl (C=O) groups excluding carboxylic acids is 3. The normalized spacial score (nSPS) is 9.40. The number of carboxylic acids is 3. The van der Waals surface area contributed by atoms with Gasteiger partial charge in [0.15, 0.2) is 0 Å². The van der Waals surface area contributed by atoms with Crippen LogP contribution in [0.2, 0.25) is 0 Å². The Balaban J connectivity index is -0.000000720. The topological polar surface area (TPSA) is 141 Å². The number of hydrogen-bond acceptors (Lipinski definition) is 7. The van der Waals surface area contributed by atoms with E-state index in [0.717, 1.165) is 0 Å². The molecule has 82 valence electrons. The molecule has 0 aromatic carbocycles. The summed E-state index contributed by atoms with van der Waals surface area (Å²) in [6, 6.07) is 0. The van der Waals surface area contributed by atoms with Gasteiger partial charge in [0.1, 0.15) is 5.60 Å². The molecule has 9 heteroatoms. The van der Waals surface area contributed by atoms with Crippen molar-refractivity contribution >= 4 is 59.7 Å². The Kier molecular flexibility index (Phi) is 10.7. The molecule has 0 heterocycles. The van der Waals surface area contributed by atoms with Crippen LogP contribution in [0.15, 0.2) is 0 Å². The summed E-state index contributed by atoms with van der Waals surface area (Å²) in [5, 5.41) is 38.9. The molecule has 0 saturated carbocycles. The molecule has 0 aliphatic heterocycles. The molecule has 0 rings (SSSR count). The molecule has 0 saturated heterocycles. The first-order chi connectivity index (χ1) is 5.78. The standard InChI is InChI=1S/C6H8O7.Al.Sb.3H/c7-3(8)1-6(13,5(11)12)2-4(9)10;;;;;/h13H,1-2H2,(H,7,8)(H,9,10)(H,11,12);;;;;/q;+3;;;;/p-3. The van der Waals surface area contributed by atoms with Crippen molar-refractivity contribution in [2.45, 2.75) is 18.4 Å². The van der Waals surface area contributed by atoms with Crippen LogP contribution in [0.3, 0.4) is 0 Å². The van der Waals surface area contributed by atoms with Gasteiger partial charge in [-0.05, 0) is 0 Å². The van der Waals surface area contributed by atoms with Gasteiger partial charge in [-0.3, -0.25) is 0 Å². The maximum atomic E-state index is 10.1. The first-order valence-electron chi connectivity index (χ1n) is 3.11. The van der Waals surface area contributed by atoms with Crippen LogP contribution < -0.4 is 15.3 Å². The predicted molar refractivity (Wildman–Crippen MR) is 44.9 cm³/mol. The third kappa shape index (κ3) is 7.63. The molecule has 0 radical (unpaired) electrons. The van der Waals surface area contributed by atoms with Crippen molar-refractivity contribution < 1.29 is 34.8 Å². The third-order valence-electron chi connectivity index (χ3n) is 1.25. The summed E-state index contributed by atoms with van der Waals surface area (Å²) < 4.78 is 0. The minimum absolute atomic E-state index is 0. The van der Waals surface area contributed by atoms with E-state index >= 15 is 0 Å². The van der Waals surface area contributed by atoms with Crippen LogP contribution in [0.1, 0.15) is 12.8 Å². The van der Waals surface area contributed by atoms with E-state index < -0.39 is 36.4 Å². The van der Waals surface area contributed by atoms with Gasteiger partial charge in [0, 0.05) is 24.8 Å². The zero-order valence-corrected chi connectivity index (χ0v) is 12.8. The van der Waals surface area contributed by atoms with Gasteiger partial charge >= 0.3 is 41.8 Å². The molecule has 0 aliphatic carbocycles. The number of hydrogen-bond donors (Lipinski definition) is 1. The van der Waals surface area contributed by atoms with E-state index in [4.69, 9.17) is 5.11 Å². The van der Waals surface area contributed by atoms with Gasteiger partial charge in [-0.15, -0.1) is 0 Å². The molecule has 1 N–H and O–H groups in total. The van der Waals surface area contributed by atoms with Crippen molar-refractivity contribution in [1.82, 2.24) is 0 Å². The van der Waals surface area contributed by atoms with Gasteiger partial charge in [0.05, 0.1) is 5.97 Å². The molecular weight excluding hydrogens is 333 g/mol. The van der Waals surface area contributed by atoms with Crippen LogP contribution in [0.5, 0.6) is 0 Å². The zero-order valence-electron chi connectivity index (χ0n) is 7.60.